The van der Waals surface area contributed by atoms with E-state index in [1.54, 1.807) is 22.2 Å². The number of rotatable bonds is 6. The molecule has 0 bridgehead atoms. The molecule has 0 aliphatic carbocycles. The summed E-state index contributed by atoms with van der Waals surface area (Å²) < 4.78 is 25.9. The Balaban J connectivity index is 0.000000197. The van der Waals surface area contributed by atoms with Crippen molar-refractivity contribution < 1.29 is 23.7 Å². The Morgan fingerprint density at radius 1 is 1.20 bits per heavy atom. The molecule has 6 rings (SSSR count). The average molecular weight is 609 g/mol. The number of benzene rings is 1. The van der Waals surface area contributed by atoms with Crippen molar-refractivity contribution in [3.8, 4) is 11.4 Å². The van der Waals surface area contributed by atoms with E-state index in [2.05, 4.69) is 5.09 Å². The molecule has 3 aromatic rings. The highest BCUT2D eigenvalue weighted by Crippen LogP contribution is 2.48. The number of esters is 1. The molecule has 40 heavy (non-hydrogen) atoms. The monoisotopic (exact) mass is 608 g/mol. The van der Waals surface area contributed by atoms with Gasteiger partial charge in [-0.3, -0.25) is 9.36 Å². The number of halogens is 2. The minimum absolute atomic E-state index is 0.110. The number of hydrogen-bond donors (Lipinski definition) is 2. The first-order valence-electron chi connectivity index (χ1n) is 13.2. The van der Waals surface area contributed by atoms with Crippen molar-refractivity contribution in [2.75, 3.05) is 38.0 Å². The van der Waals surface area contributed by atoms with Crippen LogP contribution in [0.25, 0.3) is 22.3 Å². The number of para-hydroxylation sites is 1. The van der Waals surface area contributed by atoms with Crippen LogP contribution in [-0.2, 0) is 37.4 Å². The van der Waals surface area contributed by atoms with Gasteiger partial charge >= 0.3 is 13.6 Å². The molecule has 10 nitrogen and oxygen atoms in total. The predicted octanol–water partition coefficient (Wildman–Crippen LogP) is 3.96. The quantitative estimate of drug-likeness (QED) is 0.190. The number of ether oxygens (including phenoxy) is 1. The first-order valence-corrected chi connectivity index (χ1v) is 15.8. The van der Waals surface area contributed by atoms with E-state index in [9.17, 15) is 19.3 Å². The van der Waals surface area contributed by atoms with Crippen LogP contribution < -0.4 is 10.6 Å². The number of aromatic nitrogens is 2. The fourth-order valence-corrected chi connectivity index (χ4v) is 7.85. The largest absolute Gasteiger partial charge is 0.458 e. The summed E-state index contributed by atoms with van der Waals surface area (Å²) in [6, 6.07) is 11.6. The third-order valence-corrected chi connectivity index (χ3v) is 10.0. The van der Waals surface area contributed by atoms with E-state index in [1.165, 1.54) is 0 Å². The molecule has 0 saturated carbocycles. The summed E-state index contributed by atoms with van der Waals surface area (Å²) in [6.07, 6.45) is 1.03. The lowest BCUT2D eigenvalue weighted by Crippen LogP contribution is -2.44. The summed E-state index contributed by atoms with van der Waals surface area (Å²) in [4.78, 5) is 29.9. The molecule has 3 aliphatic rings. The van der Waals surface area contributed by atoms with E-state index in [-0.39, 0.29) is 18.6 Å². The zero-order chi connectivity index (χ0) is 28.5. The highest BCUT2D eigenvalue weighted by Gasteiger charge is 2.45. The van der Waals surface area contributed by atoms with Crippen molar-refractivity contribution in [2.24, 2.45) is 0 Å². The van der Waals surface area contributed by atoms with Crippen LogP contribution in [0.2, 0.25) is 0 Å². The Morgan fingerprint density at radius 3 is 2.62 bits per heavy atom. The summed E-state index contributed by atoms with van der Waals surface area (Å²) in [5.74, 6) is 0.138. The molecule has 0 amide bonds. The zero-order valence-corrected chi connectivity index (χ0v) is 24.5. The van der Waals surface area contributed by atoms with Gasteiger partial charge in [-0.1, -0.05) is 25.1 Å². The zero-order valence-electron chi connectivity index (χ0n) is 22.1. The van der Waals surface area contributed by atoms with Crippen LogP contribution in [0.3, 0.4) is 0 Å². The van der Waals surface area contributed by atoms with Gasteiger partial charge in [-0.15, -0.1) is 23.2 Å². The minimum atomic E-state index is -2.84. The lowest BCUT2D eigenvalue weighted by atomic mass is 9.86. The molecule has 2 aromatic heterocycles. The van der Waals surface area contributed by atoms with E-state index in [0.29, 0.717) is 54.8 Å². The summed E-state index contributed by atoms with van der Waals surface area (Å²) in [5, 5.41) is 14.8. The number of carbonyl (C=O) groups is 1. The molecule has 214 valence electrons. The molecule has 2 N–H and O–H groups in total. The Labute approximate surface area is 241 Å². The Kier molecular flexibility index (Phi) is 8.69. The van der Waals surface area contributed by atoms with Gasteiger partial charge in [0.2, 0.25) is 0 Å². The number of hydrogen-bond acceptors (Lipinski definition) is 7. The van der Waals surface area contributed by atoms with Crippen molar-refractivity contribution in [3.05, 3.63) is 63.4 Å². The number of fused-ring (bicyclic) bond motifs is 5. The molecule has 1 saturated heterocycles. The first kappa shape index (κ1) is 29.2. The van der Waals surface area contributed by atoms with Crippen molar-refractivity contribution in [1.82, 2.24) is 19.3 Å². The molecule has 2 atom stereocenters. The summed E-state index contributed by atoms with van der Waals surface area (Å²) in [6.45, 7) is 4.32. The number of carbonyl (C=O) groups excluding carboxylic acids is 1. The minimum Gasteiger partial charge on any atom is -0.458 e. The second-order valence-electron chi connectivity index (χ2n) is 9.74. The lowest BCUT2D eigenvalue weighted by molar-refractivity contribution is -0.172. The molecular weight excluding hydrogens is 578 g/mol. The number of nitrogens with zero attached hydrogens (tertiary/aromatic N) is 3. The van der Waals surface area contributed by atoms with Crippen molar-refractivity contribution in [3.63, 3.8) is 0 Å². The molecule has 0 radical (unpaired) electrons. The van der Waals surface area contributed by atoms with E-state index in [4.69, 9.17) is 37.4 Å². The summed E-state index contributed by atoms with van der Waals surface area (Å²) >= 11 is 11.2. The number of cyclic esters (lactones) is 1. The fourth-order valence-electron chi connectivity index (χ4n) is 5.20. The van der Waals surface area contributed by atoms with Crippen LogP contribution >= 0.6 is 30.9 Å². The van der Waals surface area contributed by atoms with Gasteiger partial charge in [-0.25, -0.2) is 19.5 Å². The van der Waals surface area contributed by atoms with Gasteiger partial charge in [-0.2, -0.15) is 0 Å². The number of aliphatic hydroxyl groups is 1. The third kappa shape index (κ3) is 5.23. The van der Waals surface area contributed by atoms with Crippen LogP contribution in [0.4, 0.5) is 0 Å². The molecule has 5 heterocycles. The van der Waals surface area contributed by atoms with Crippen LogP contribution in [0, 0.1) is 0 Å². The third-order valence-electron chi connectivity index (χ3n) is 7.37. The van der Waals surface area contributed by atoms with Crippen LogP contribution in [0.1, 0.15) is 36.5 Å². The van der Waals surface area contributed by atoms with Gasteiger partial charge in [0, 0.05) is 47.9 Å². The van der Waals surface area contributed by atoms with E-state index >= 15 is 0 Å². The Bertz CT molecular complexity index is 1530. The molecule has 1 aromatic carbocycles. The normalized spacial score (nSPS) is 23.2. The first-order chi connectivity index (χ1) is 19.3. The van der Waals surface area contributed by atoms with Gasteiger partial charge in [0.05, 0.1) is 35.6 Å². The van der Waals surface area contributed by atoms with E-state index < -0.39 is 19.2 Å². The van der Waals surface area contributed by atoms with Crippen LogP contribution in [0.15, 0.2) is 41.2 Å². The van der Waals surface area contributed by atoms with Gasteiger partial charge < -0.3 is 18.9 Å². The highest BCUT2D eigenvalue weighted by molar-refractivity contribution is 7.54. The molecular formula is C27H31Cl2N4O6P. The average Bonchev–Trinajstić information content (AvgIpc) is 3.32. The van der Waals surface area contributed by atoms with Gasteiger partial charge in [0.25, 0.3) is 5.56 Å². The Hall–Kier alpha value is -2.30. The highest BCUT2D eigenvalue weighted by atomic mass is 35.5. The summed E-state index contributed by atoms with van der Waals surface area (Å²) in [5.41, 5.74) is 1.81. The topological polar surface area (TPSA) is 123 Å². The molecule has 13 heteroatoms. The maximum Gasteiger partial charge on any atom is 0.343 e. The second-order valence-corrected chi connectivity index (χ2v) is 12.7. The maximum atomic E-state index is 13.0. The smallest absolute Gasteiger partial charge is 0.343 e. The lowest BCUT2D eigenvalue weighted by Gasteiger charge is -2.33. The standard InChI is InChI=1S/C20H16N2O4.C7H15Cl2N2O2P/c1-2-20(25)14-8-16-17-12(7-11-5-3-4-6-15(11)21-17)9-22(16)18(23)13(14)10-26-19(20)24;8-2-5-11(6-3-9)14(12)10-4-1-7-13-14/h3-8,25H,2,9-10H2,1H3;1-7H2,(H,10,12)/t20-;/m0./s1. The van der Waals surface area contributed by atoms with Crippen molar-refractivity contribution >= 4 is 47.7 Å². The van der Waals surface area contributed by atoms with Gasteiger partial charge in [-0.05, 0) is 31.0 Å². The van der Waals surface area contributed by atoms with Crippen LogP contribution in [0.5, 0.6) is 0 Å². The van der Waals surface area contributed by atoms with Crippen molar-refractivity contribution in [2.45, 2.75) is 38.5 Å². The van der Waals surface area contributed by atoms with Crippen LogP contribution in [-0.4, -0.2) is 63.3 Å². The molecule has 3 aliphatic heterocycles. The van der Waals surface area contributed by atoms with Gasteiger partial charge in [0.15, 0.2) is 5.60 Å². The van der Waals surface area contributed by atoms with Crippen molar-refractivity contribution in [1.29, 1.82) is 0 Å². The molecule has 0 spiro atoms. The molecule has 1 fully saturated rings. The predicted molar refractivity (Wildman–Crippen MR) is 154 cm³/mol. The fraction of sp³-hybridized carbons (Fsp3) is 0.444. The molecule has 1 unspecified atom stereocenters. The SMILES string of the molecule is CC[C@@]1(O)C(=O)OCc2c1cc1n(c2=O)Cc2cc3ccccc3nc2-1.O=P1(N(CCCl)CCCl)NCCCO1. The van der Waals surface area contributed by atoms with Gasteiger partial charge in [0.1, 0.15) is 6.61 Å². The summed E-state index contributed by atoms with van der Waals surface area (Å²) in [7, 11) is -2.84. The maximum absolute atomic E-state index is 13.0. The number of nitrogens with one attached hydrogen (secondary N) is 1. The van der Waals surface area contributed by atoms with E-state index in [0.717, 1.165) is 35.1 Å². The second kappa shape index (κ2) is 11.9. The number of pyridine rings is 2. The Morgan fingerprint density at radius 2 is 1.95 bits per heavy atom. The number of alkyl halides is 2. The van der Waals surface area contributed by atoms with E-state index in [1.807, 2.05) is 30.3 Å².